The van der Waals surface area contributed by atoms with Crippen LogP contribution in [0.4, 0.5) is 5.82 Å². The molecule has 0 radical (unpaired) electrons. The van der Waals surface area contributed by atoms with E-state index in [0.29, 0.717) is 24.5 Å². The quantitative estimate of drug-likeness (QED) is 0.608. The Balaban J connectivity index is 1.19. The topological polar surface area (TPSA) is 106 Å². The van der Waals surface area contributed by atoms with Gasteiger partial charge >= 0.3 is 0 Å². The number of nitrogen functional groups attached to an aromatic ring is 1. The van der Waals surface area contributed by atoms with Crippen molar-refractivity contribution in [2.45, 2.75) is 45.3 Å². The van der Waals surface area contributed by atoms with Gasteiger partial charge in [-0.25, -0.2) is 4.98 Å². The lowest BCUT2D eigenvalue weighted by atomic mass is 10.1. The molecule has 8 heteroatoms. The third-order valence-corrected chi connectivity index (χ3v) is 6.69. The Bertz CT molecular complexity index is 1190. The first kappa shape index (κ1) is 21.2. The lowest BCUT2D eigenvalue weighted by molar-refractivity contribution is -0.131. The van der Waals surface area contributed by atoms with E-state index in [1.165, 1.54) is 0 Å². The second kappa shape index (κ2) is 8.69. The Hall–Kier alpha value is -3.68. The molecule has 2 aromatic heterocycles. The van der Waals surface area contributed by atoms with Crippen LogP contribution in [0.3, 0.4) is 0 Å². The fourth-order valence-electron chi connectivity index (χ4n) is 4.74. The number of nitrogens with two attached hydrogens (primary N) is 1. The molecule has 1 aliphatic heterocycles. The van der Waals surface area contributed by atoms with E-state index in [0.717, 1.165) is 48.1 Å². The van der Waals surface area contributed by atoms with Gasteiger partial charge in [0.1, 0.15) is 5.82 Å². The largest absolute Gasteiger partial charge is 0.383 e. The van der Waals surface area contributed by atoms with Crippen LogP contribution < -0.4 is 11.1 Å². The molecule has 2 amide bonds. The van der Waals surface area contributed by atoms with Gasteiger partial charge in [-0.1, -0.05) is 31.2 Å². The Morgan fingerprint density at radius 3 is 2.64 bits per heavy atom. The van der Waals surface area contributed by atoms with Crippen molar-refractivity contribution in [1.82, 2.24) is 25.0 Å². The maximum atomic E-state index is 12.8. The van der Waals surface area contributed by atoms with E-state index in [2.05, 4.69) is 39.7 Å². The minimum atomic E-state index is -0.144. The van der Waals surface area contributed by atoms with E-state index < -0.39 is 0 Å². The highest BCUT2D eigenvalue weighted by Gasteiger charge is 2.28. The number of benzene rings is 1. The molecule has 0 bridgehead atoms. The molecule has 5 rings (SSSR count). The maximum Gasteiger partial charge on any atom is 0.254 e. The standard InChI is InChI=1S/C25H28N6O2/c1-16-9-11-30(25(16)33)13-17-2-4-18(5-3-17)14-31-15-19(12-28-31)24(32)29-22-7-6-21-20(22)8-10-27-23(21)26/h2-5,8,10,12,15-16,22H,6-7,9,11,13-14H2,1H3,(H2,26,27)(H,29,32)/t16-,22?/m0/s1. The number of anilines is 1. The SMILES string of the molecule is C[C@H]1CCN(Cc2ccc(Cn3cc(C(=O)NC4CCc5c4ccnc5N)cn3)cc2)C1=O. The Kier molecular flexibility index (Phi) is 5.58. The van der Waals surface area contributed by atoms with Gasteiger partial charge in [-0.3, -0.25) is 14.3 Å². The van der Waals surface area contributed by atoms with Crippen LogP contribution in [-0.4, -0.2) is 38.0 Å². The van der Waals surface area contributed by atoms with Gasteiger partial charge in [-0.2, -0.15) is 5.10 Å². The zero-order valence-electron chi connectivity index (χ0n) is 18.7. The summed E-state index contributed by atoms with van der Waals surface area (Å²) < 4.78 is 1.76. The van der Waals surface area contributed by atoms with Crippen LogP contribution in [0.2, 0.25) is 0 Å². The maximum absolute atomic E-state index is 12.8. The van der Waals surface area contributed by atoms with Crippen molar-refractivity contribution < 1.29 is 9.59 Å². The second-order valence-electron chi connectivity index (χ2n) is 9.02. The molecule has 8 nitrogen and oxygen atoms in total. The highest BCUT2D eigenvalue weighted by molar-refractivity contribution is 5.94. The molecule has 2 aliphatic rings. The molecule has 2 atom stereocenters. The number of nitrogens with one attached hydrogen (secondary N) is 1. The van der Waals surface area contributed by atoms with E-state index in [-0.39, 0.29) is 23.8 Å². The molecule has 3 N–H and O–H groups in total. The molecule has 1 fully saturated rings. The number of fused-ring (bicyclic) bond motifs is 1. The molecule has 33 heavy (non-hydrogen) atoms. The molecular formula is C25H28N6O2. The zero-order valence-corrected chi connectivity index (χ0v) is 18.7. The summed E-state index contributed by atoms with van der Waals surface area (Å²) in [5, 5.41) is 7.46. The zero-order chi connectivity index (χ0) is 22.9. The van der Waals surface area contributed by atoms with E-state index in [1.807, 2.05) is 17.9 Å². The van der Waals surface area contributed by atoms with Crippen LogP contribution in [0.25, 0.3) is 0 Å². The van der Waals surface area contributed by atoms with Gasteiger partial charge in [-0.15, -0.1) is 0 Å². The van der Waals surface area contributed by atoms with Gasteiger partial charge in [0.05, 0.1) is 24.3 Å². The summed E-state index contributed by atoms with van der Waals surface area (Å²) >= 11 is 0. The van der Waals surface area contributed by atoms with Gasteiger partial charge in [0.15, 0.2) is 0 Å². The predicted molar refractivity (Wildman–Crippen MR) is 124 cm³/mol. The van der Waals surface area contributed by atoms with Crippen LogP contribution in [0.5, 0.6) is 0 Å². The van der Waals surface area contributed by atoms with Gasteiger partial charge in [0, 0.05) is 31.4 Å². The third-order valence-electron chi connectivity index (χ3n) is 6.69. The molecular weight excluding hydrogens is 416 g/mol. The summed E-state index contributed by atoms with van der Waals surface area (Å²) in [6, 6.07) is 10.1. The number of amides is 2. The molecule has 0 saturated carbocycles. The van der Waals surface area contributed by atoms with E-state index in [4.69, 9.17) is 5.73 Å². The van der Waals surface area contributed by atoms with E-state index in [9.17, 15) is 9.59 Å². The molecule has 0 spiro atoms. The third kappa shape index (κ3) is 4.33. The summed E-state index contributed by atoms with van der Waals surface area (Å²) in [5.41, 5.74) is 10.8. The molecule has 3 aromatic rings. The van der Waals surface area contributed by atoms with Crippen molar-refractivity contribution in [1.29, 1.82) is 0 Å². The predicted octanol–water partition coefficient (Wildman–Crippen LogP) is 2.69. The minimum absolute atomic E-state index is 0.0563. The lowest BCUT2D eigenvalue weighted by Crippen LogP contribution is -2.26. The monoisotopic (exact) mass is 444 g/mol. The number of carbonyl (C=O) groups is 2. The van der Waals surface area contributed by atoms with Crippen molar-refractivity contribution >= 4 is 17.6 Å². The van der Waals surface area contributed by atoms with Crippen molar-refractivity contribution in [2.75, 3.05) is 12.3 Å². The average molecular weight is 445 g/mol. The van der Waals surface area contributed by atoms with E-state index >= 15 is 0 Å². The first-order valence-electron chi connectivity index (χ1n) is 11.4. The van der Waals surface area contributed by atoms with Gasteiger partial charge in [0.2, 0.25) is 5.91 Å². The summed E-state index contributed by atoms with van der Waals surface area (Å²) in [6.45, 7) is 4.05. The average Bonchev–Trinajstić information content (AvgIpc) is 3.52. The number of aromatic nitrogens is 3. The number of rotatable bonds is 6. The van der Waals surface area contributed by atoms with Crippen LogP contribution >= 0.6 is 0 Å². The Morgan fingerprint density at radius 2 is 1.91 bits per heavy atom. The van der Waals surface area contributed by atoms with Crippen LogP contribution in [0.15, 0.2) is 48.9 Å². The van der Waals surface area contributed by atoms with Crippen molar-refractivity contribution in [3.63, 3.8) is 0 Å². The van der Waals surface area contributed by atoms with Gasteiger partial charge < -0.3 is 16.0 Å². The van der Waals surface area contributed by atoms with Crippen LogP contribution in [0.1, 0.15) is 58.4 Å². The molecule has 1 saturated heterocycles. The van der Waals surface area contributed by atoms with Gasteiger partial charge in [0.25, 0.3) is 5.91 Å². The number of carbonyl (C=O) groups excluding carboxylic acids is 2. The fourth-order valence-corrected chi connectivity index (χ4v) is 4.74. The molecule has 170 valence electrons. The summed E-state index contributed by atoms with van der Waals surface area (Å²) in [4.78, 5) is 31.0. The Labute approximate surface area is 192 Å². The second-order valence-corrected chi connectivity index (χ2v) is 9.02. The highest BCUT2D eigenvalue weighted by Crippen LogP contribution is 2.33. The molecule has 1 aliphatic carbocycles. The van der Waals surface area contributed by atoms with Crippen molar-refractivity contribution in [3.05, 3.63) is 76.7 Å². The molecule has 1 unspecified atom stereocenters. The minimum Gasteiger partial charge on any atom is -0.383 e. The summed E-state index contributed by atoms with van der Waals surface area (Å²) in [5.74, 6) is 0.774. The van der Waals surface area contributed by atoms with Gasteiger partial charge in [-0.05, 0) is 47.6 Å². The molecule has 1 aromatic carbocycles. The first-order valence-corrected chi connectivity index (χ1v) is 11.4. The number of hydrogen-bond acceptors (Lipinski definition) is 5. The van der Waals surface area contributed by atoms with Crippen molar-refractivity contribution in [2.24, 2.45) is 5.92 Å². The lowest BCUT2D eigenvalue weighted by Gasteiger charge is -2.16. The summed E-state index contributed by atoms with van der Waals surface area (Å²) in [7, 11) is 0. The number of pyridine rings is 1. The van der Waals surface area contributed by atoms with Crippen molar-refractivity contribution in [3.8, 4) is 0 Å². The number of likely N-dealkylation sites (tertiary alicyclic amines) is 1. The van der Waals surface area contributed by atoms with Crippen LogP contribution in [-0.2, 0) is 24.3 Å². The molecule has 3 heterocycles. The van der Waals surface area contributed by atoms with E-state index in [1.54, 1.807) is 23.3 Å². The smallest absolute Gasteiger partial charge is 0.254 e. The summed E-state index contributed by atoms with van der Waals surface area (Å²) in [6.07, 6.45) is 7.63. The number of hydrogen-bond donors (Lipinski definition) is 2. The Morgan fingerprint density at radius 1 is 1.15 bits per heavy atom. The highest BCUT2D eigenvalue weighted by atomic mass is 16.2. The number of nitrogens with zero attached hydrogens (tertiary/aromatic N) is 4. The van der Waals surface area contributed by atoms with Crippen LogP contribution in [0, 0.1) is 5.92 Å². The fraction of sp³-hybridized carbons (Fsp3) is 0.360. The normalized spacial score (nSPS) is 19.7. The first-order chi connectivity index (χ1) is 16.0.